The second-order valence-electron chi connectivity index (χ2n) is 5.69. The van der Waals surface area contributed by atoms with E-state index in [0.29, 0.717) is 12.1 Å². The first-order valence-corrected chi connectivity index (χ1v) is 6.32. The Kier molecular flexibility index (Phi) is 4.60. The second-order valence-corrected chi connectivity index (χ2v) is 5.69. The molecule has 1 fully saturated rings. The van der Waals surface area contributed by atoms with Crippen LogP contribution in [0.15, 0.2) is 0 Å². The first kappa shape index (κ1) is 13.0. The van der Waals surface area contributed by atoms with Crippen molar-refractivity contribution >= 4 is 0 Å². The van der Waals surface area contributed by atoms with Crippen LogP contribution in [0.3, 0.4) is 0 Å². The molecule has 0 aliphatic heterocycles. The summed E-state index contributed by atoms with van der Waals surface area (Å²) in [4.78, 5) is 2.44. The fourth-order valence-corrected chi connectivity index (χ4v) is 2.41. The molecular weight excluding hydrogens is 186 g/mol. The van der Waals surface area contributed by atoms with Crippen LogP contribution < -0.4 is 0 Å². The SMILES string of the molecule is CCN(C)[C@H]1CCCC[C@@H]1OC(C)(C)C. The van der Waals surface area contributed by atoms with Crippen molar-refractivity contribution in [2.24, 2.45) is 0 Å². The molecule has 15 heavy (non-hydrogen) atoms. The van der Waals surface area contributed by atoms with Crippen LogP contribution in [-0.4, -0.2) is 36.2 Å². The summed E-state index contributed by atoms with van der Waals surface area (Å²) in [5.41, 5.74) is -0.00512. The molecule has 2 nitrogen and oxygen atoms in total. The van der Waals surface area contributed by atoms with Gasteiger partial charge in [-0.15, -0.1) is 0 Å². The van der Waals surface area contributed by atoms with E-state index in [9.17, 15) is 0 Å². The van der Waals surface area contributed by atoms with E-state index in [4.69, 9.17) is 4.74 Å². The van der Waals surface area contributed by atoms with Crippen LogP contribution in [0.4, 0.5) is 0 Å². The highest BCUT2D eigenvalue weighted by Crippen LogP contribution is 2.28. The van der Waals surface area contributed by atoms with Crippen molar-refractivity contribution in [1.29, 1.82) is 0 Å². The van der Waals surface area contributed by atoms with Gasteiger partial charge in [0.25, 0.3) is 0 Å². The Morgan fingerprint density at radius 1 is 1.20 bits per heavy atom. The third kappa shape index (κ3) is 4.12. The van der Waals surface area contributed by atoms with E-state index in [-0.39, 0.29) is 5.60 Å². The van der Waals surface area contributed by atoms with Crippen molar-refractivity contribution in [2.75, 3.05) is 13.6 Å². The smallest absolute Gasteiger partial charge is 0.0737 e. The molecule has 1 rings (SSSR count). The highest BCUT2D eigenvalue weighted by Gasteiger charge is 2.31. The maximum absolute atomic E-state index is 6.17. The van der Waals surface area contributed by atoms with Gasteiger partial charge < -0.3 is 9.64 Å². The normalized spacial score (nSPS) is 28.4. The third-order valence-corrected chi connectivity index (χ3v) is 3.24. The van der Waals surface area contributed by atoms with Crippen LogP contribution in [0.2, 0.25) is 0 Å². The van der Waals surface area contributed by atoms with Crippen molar-refractivity contribution in [3.8, 4) is 0 Å². The van der Waals surface area contributed by atoms with E-state index in [0.717, 1.165) is 6.54 Å². The molecule has 0 aromatic carbocycles. The summed E-state index contributed by atoms with van der Waals surface area (Å²) >= 11 is 0. The van der Waals surface area contributed by atoms with Gasteiger partial charge in [-0.2, -0.15) is 0 Å². The Balaban J connectivity index is 2.57. The lowest BCUT2D eigenvalue weighted by Crippen LogP contribution is -2.47. The topological polar surface area (TPSA) is 12.5 Å². The van der Waals surface area contributed by atoms with Gasteiger partial charge in [0.05, 0.1) is 11.7 Å². The number of hydrogen-bond donors (Lipinski definition) is 0. The van der Waals surface area contributed by atoms with Crippen LogP contribution in [0.5, 0.6) is 0 Å². The molecule has 0 radical (unpaired) electrons. The number of rotatable bonds is 3. The largest absolute Gasteiger partial charge is 0.371 e. The summed E-state index contributed by atoms with van der Waals surface area (Å²) in [6.07, 6.45) is 5.65. The molecule has 1 aliphatic rings. The zero-order valence-electron chi connectivity index (χ0n) is 11.0. The molecule has 0 spiro atoms. The predicted octanol–water partition coefficient (Wildman–Crippen LogP) is 3.06. The van der Waals surface area contributed by atoms with E-state index in [2.05, 4.69) is 39.6 Å². The minimum Gasteiger partial charge on any atom is -0.371 e. The van der Waals surface area contributed by atoms with Gasteiger partial charge in [0, 0.05) is 6.04 Å². The van der Waals surface area contributed by atoms with Gasteiger partial charge in [-0.3, -0.25) is 0 Å². The fourth-order valence-electron chi connectivity index (χ4n) is 2.41. The van der Waals surface area contributed by atoms with Crippen molar-refractivity contribution in [3.05, 3.63) is 0 Å². The van der Waals surface area contributed by atoms with Crippen molar-refractivity contribution < 1.29 is 4.74 Å². The zero-order valence-corrected chi connectivity index (χ0v) is 11.0. The summed E-state index contributed by atoms with van der Waals surface area (Å²) in [5.74, 6) is 0. The highest BCUT2D eigenvalue weighted by molar-refractivity contribution is 4.84. The van der Waals surface area contributed by atoms with Gasteiger partial charge in [0.15, 0.2) is 0 Å². The average molecular weight is 213 g/mol. The Labute approximate surface area is 95.0 Å². The second kappa shape index (κ2) is 5.31. The molecule has 0 aromatic heterocycles. The Morgan fingerprint density at radius 3 is 2.33 bits per heavy atom. The van der Waals surface area contributed by atoms with Gasteiger partial charge in [-0.05, 0) is 47.2 Å². The summed E-state index contributed by atoms with van der Waals surface area (Å²) in [5, 5.41) is 0. The molecule has 0 bridgehead atoms. The minimum absolute atomic E-state index is 0.00512. The summed E-state index contributed by atoms with van der Waals surface area (Å²) in [6, 6.07) is 0.628. The number of nitrogens with zero attached hydrogens (tertiary/aromatic N) is 1. The standard InChI is InChI=1S/C13H27NO/c1-6-14(5)11-9-7-8-10-12(11)15-13(2,3)4/h11-12H,6-10H2,1-5H3/t11-,12-/m0/s1. The Bertz CT molecular complexity index is 185. The van der Waals surface area contributed by atoms with E-state index < -0.39 is 0 Å². The summed E-state index contributed by atoms with van der Waals surface area (Å²) in [6.45, 7) is 9.82. The number of ether oxygens (including phenoxy) is 1. The lowest BCUT2D eigenvalue weighted by atomic mass is 9.91. The molecule has 90 valence electrons. The Morgan fingerprint density at radius 2 is 1.80 bits per heavy atom. The van der Waals surface area contributed by atoms with E-state index >= 15 is 0 Å². The lowest BCUT2D eigenvalue weighted by Gasteiger charge is -2.40. The number of hydrogen-bond acceptors (Lipinski definition) is 2. The van der Waals surface area contributed by atoms with E-state index in [1.54, 1.807) is 0 Å². The lowest BCUT2D eigenvalue weighted by molar-refractivity contribution is -0.105. The van der Waals surface area contributed by atoms with Crippen molar-refractivity contribution in [3.63, 3.8) is 0 Å². The predicted molar refractivity (Wildman–Crippen MR) is 65.2 cm³/mol. The van der Waals surface area contributed by atoms with Gasteiger partial charge >= 0.3 is 0 Å². The third-order valence-electron chi connectivity index (χ3n) is 3.24. The van der Waals surface area contributed by atoms with Crippen LogP contribution in [0.25, 0.3) is 0 Å². The summed E-state index contributed by atoms with van der Waals surface area (Å²) in [7, 11) is 2.22. The quantitative estimate of drug-likeness (QED) is 0.714. The van der Waals surface area contributed by atoms with E-state index in [1.807, 2.05) is 0 Å². The zero-order chi connectivity index (χ0) is 11.5. The first-order chi connectivity index (χ1) is 6.94. The molecule has 0 heterocycles. The summed E-state index contributed by atoms with van der Waals surface area (Å²) < 4.78 is 6.17. The van der Waals surface area contributed by atoms with Gasteiger partial charge in [0.1, 0.15) is 0 Å². The molecule has 0 unspecified atom stereocenters. The van der Waals surface area contributed by atoms with Gasteiger partial charge in [-0.1, -0.05) is 19.8 Å². The number of likely N-dealkylation sites (N-methyl/N-ethyl adjacent to an activating group) is 1. The van der Waals surface area contributed by atoms with Crippen LogP contribution in [0, 0.1) is 0 Å². The van der Waals surface area contributed by atoms with E-state index in [1.165, 1.54) is 25.7 Å². The van der Waals surface area contributed by atoms with Crippen molar-refractivity contribution in [2.45, 2.75) is 71.1 Å². The maximum atomic E-state index is 6.17. The first-order valence-electron chi connectivity index (χ1n) is 6.32. The maximum Gasteiger partial charge on any atom is 0.0737 e. The van der Waals surface area contributed by atoms with Crippen LogP contribution >= 0.6 is 0 Å². The fraction of sp³-hybridized carbons (Fsp3) is 1.00. The molecular formula is C13H27NO. The molecule has 0 N–H and O–H groups in total. The Hall–Kier alpha value is -0.0800. The van der Waals surface area contributed by atoms with Gasteiger partial charge in [-0.25, -0.2) is 0 Å². The monoisotopic (exact) mass is 213 g/mol. The molecule has 1 aliphatic carbocycles. The molecule has 2 heteroatoms. The van der Waals surface area contributed by atoms with Crippen LogP contribution in [0.1, 0.15) is 53.4 Å². The molecule has 0 aromatic rings. The van der Waals surface area contributed by atoms with Crippen molar-refractivity contribution in [1.82, 2.24) is 4.90 Å². The van der Waals surface area contributed by atoms with Crippen LogP contribution in [-0.2, 0) is 4.74 Å². The van der Waals surface area contributed by atoms with Gasteiger partial charge in [0.2, 0.25) is 0 Å². The molecule has 2 atom stereocenters. The average Bonchev–Trinajstić information content (AvgIpc) is 2.15. The molecule has 0 saturated heterocycles. The molecule has 0 amide bonds. The molecule has 1 saturated carbocycles. The minimum atomic E-state index is -0.00512. The highest BCUT2D eigenvalue weighted by atomic mass is 16.5.